The zero-order chi connectivity index (χ0) is 12.3. The smallest absolute Gasteiger partial charge is 0.0965 e. The van der Waals surface area contributed by atoms with Crippen LogP contribution < -0.4 is 28.9 Å². The van der Waals surface area contributed by atoms with Crippen molar-refractivity contribution in [2.75, 3.05) is 44.2 Å². The number of hydrogen-bond acceptors (Lipinski definition) is 1. The van der Waals surface area contributed by atoms with E-state index in [0.29, 0.717) is 0 Å². The van der Waals surface area contributed by atoms with Crippen LogP contribution in [-0.2, 0) is 0 Å². The minimum absolute atomic E-state index is 0. The molecule has 0 aliphatic carbocycles. The van der Waals surface area contributed by atoms with Crippen molar-refractivity contribution in [3.8, 4) is 0 Å². The van der Waals surface area contributed by atoms with E-state index in [1.807, 2.05) is 0 Å². The summed E-state index contributed by atoms with van der Waals surface area (Å²) in [6.45, 7) is 14.4. The van der Waals surface area contributed by atoms with Crippen molar-refractivity contribution in [2.45, 2.75) is 20.8 Å². The standard InChI is InChI=1S/C15H25N2.HI/c1-4-17(5-2)12-10-16(11-13-17)15-9-7-6-8-14(15)3;/h6-9H,4-5,10-13H2,1-3H3;1H/q+1;/p-1. The Hall–Kier alpha value is -0.290. The molecule has 0 N–H and O–H groups in total. The lowest BCUT2D eigenvalue weighted by molar-refractivity contribution is -0.925. The molecular weight excluding hydrogens is 335 g/mol. The first-order valence-corrected chi connectivity index (χ1v) is 6.86. The molecule has 102 valence electrons. The number of para-hydroxylation sites is 1. The minimum Gasteiger partial charge on any atom is -1.00 e. The van der Waals surface area contributed by atoms with Gasteiger partial charge in [0.25, 0.3) is 0 Å². The van der Waals surface area contributed by atoms with Crippen molar-refractivity contribution < 1.29 is 28.5 Å². The first kappa shape index (κ1) is 15.8. The molecule has 18 heavy (non-hydrogen) atoms. The predicted molar refractivity (Wildman–Crippen MR) is 74.5 cm³/mol. The van der Waals surface area contributed by atoms with Gasteiger partial charge in [-0.05, 0) is 32.4 Å². The lowest BCUT2D eigenvalue weighted by atomic mass is 10.1. The second-order valence-electron chi connectivity index (χ2n) is 5.19. The lowest BCUT2D eigenvalue weighted by Gasteiger charge is -2.44. The van der Waals surface area contributed by atoms with Crippen molar-refractivity contribution in [1.29, 1.82) is 0 Å². The molecule has 2 nitrogen and oxygen atoms in total. The van der Waals surface area contributed by atoms with E-state index in [1.54, 1.807) is 0 Å². The summed E-state index contributed by atoms with van der Waals surface area (Å²) in [4.78, 5) is 2.55. The summed E-state index contributed by atoms with van der Waals surface area (Å²) < 4.78 is 1.29. The molecule has 3 heteroatoms. The molecule has 0 spiro atoms. The van der Waals surface area contributed by atoms with Gasteiger partial charge < -0.3 is 33.4 Å². The van der Waals surface area contributed by atoms with E-state index in [0.717, 1.165) is 0 Å². The zero-order valence-corrected chi connectivity index (χ0v) is 14.0. The first-order chi connectivity index (χ1) is 8.21. The highest BCUT2D eigenvalue weighted by molar-refractivity contribution is 5.53. The van der Waals surface area contributed by atoms with Crippen LogP contribution >= 0.6 is 0 Å². The van der Waals surface area contributed by atoms with E-state index in [-0.39, 0.29) is 24.0 Å². The van der Waals surface area contributed by atoms with Gasteiger partial charge in [-0.3, -0.25) is 0 Å². The Kier molecular flexibility index (Phi) is 5.92. The lowest BCUT2D eigenvalue weighted by Crippen LogP contribution is -3.00. The summed E-state index contributed by atoms with van der Waals surface area (Å²) in [5.74, 6) is 0. The van der Waals surface area contributed by atoms with Crippen molar-refractivity contribution in [3.05, 3.63) is 29.8 Å². The van der Waals surface area contributed by atoms with Gasteiger partial charge in [-0.25, -0.2) is 0 Å². The van der Waals surface area contributed by atoms with Crippen molar-refractivity contribution in [3.63, 3.8) is 0 Å². The number of halogens is 1. The van der Waals surface area contributed by atoms with Crippen LogP contribution in [0.25, 0.3) is 0 Å². The topological polar surface area (TPSA) is 3.24 Å². The minimum atomic E-state index is 0. The average Bonchev–Trinajstić information content (AvgIpc) is 2.40. The molecule has 0 bridgehead atoms. The fraction of sp³-hybridized carbons (Fsp3) is 0.600. The molecule has 1 aliphatic rings. The van der Waals surface area contributed by atoms with Gasteiger partial charge in [0.15, 0.2) is 0 Å². The molecule has 0 aromatic heterocycles. The molecule has 0 saturated carbocycles. The molecular formula is C15H25IN2. The number of anilines is 1. The van der Waals surface area contributed by atoms with Gasteiger partial charge in [0.05, 0.1) is 39.3 Å². The van der Waals surface area contributed by atoms with Crippen LogP contribution in [0.3, 0.4) is 0 Å². The predicted octanol–water partition coefficient (Wildman–Crippen LogP) is -0.324. The Morgan fingerprint density at radius 3 is 2.11 bits per heavy atom. The average molecular weight is 360 g/mol. The molecule has 1 aliphatic heterocycles. The van der Waals surface area contributed by atoms with Crippen molar-refractivity contribution in [2.24, 2.45) is 0 Å². The van der Waals surface area contributed by atoms with Crippen LogP contribution in [0.2, 0.25) is 0 Å². The number of piperazine rings is 1. The fourth-order valence-corrected chi connectivity index (χ4v) is 2.90. The third-order valence-electron chi connectivity index (χ3n) is 4.49. The fourth-order valence-electron chi connectivity index (χ4n) is 2.90. The maximum Gasteiger partial charge on any atom is 0.0965 e. The summed E-state index contributed by atoms with van der Waals surface area (Å²) in [6.07, 6.45) is 0. The molecule has 1 saturated heterocycles. The van der Waals surface area contributed by atoms with Crippen molar-refractivity contribution in [1.82, 2.24) is 0 Å². The molecule has 2 rings (SSSR count). The second kappa shape index (κ2) is 6.75. The number of nitrogens with zero attached hydrogens (tertiary/aromatic N) is 2. The number of rotatable bonds is 3. The monoisotopic (exact) mass is 360 g/mol. The maximum absolute atomic E-state index is 2.55. The highest BCUT2D eigenvalue weighted by Gasteiger charge is 2.29. The molecule has 1 aromatic carbocycles. The third-order valence-corrected chi connectivity index (χ3v) is 4.49. The third kappa shape index (κ3) is 3.18. The van der Waals surface area contributed by atoms with Gasteiger partial charge >= 0.3 is 0 Å². The molecule has 0 unspecified atom stereocenters. The van der Waals surface area contributed by atoms with E-state index < -0.39 is 0 Å². The summed E-state index contributed by atoms with van der Waals surface area (Å²) in [6, 6.07) is 8.75. The van der Waals surface area contributed by atoms with Gasteiger partial charge in [0, 0.05) is 5.69 Å². The Morgan fingerprint density at radius 2 is 1.61 bits per heavy atom. The molecule has 1 fully saturated rings. The number of quaternary nitrogens is 1. The van der Waals surface area contributed by atoms with E-state index in [4.69, 9.17) is 0 Å². The van der Waals surface area contributed by atoms with Gasteiger partial charge in [0.2, 0.25) is 0 Å². The van der Waals surface area contributed by atoms with Gasteiger partial charge in [-0.1, -0.05) is 18.2 Å². The quantitative estimate of drug-likeness (QED) is 0.528. The van der Waals surface area contributed by atoms with Crippen molar-refractivity contribution >= 4 is 5.69 Å². The number of likely N-dealkylation sites (N-methyl/N-ethyl adjacent to an activating group) is 1. The van der Waals surface area contributed by atoms with Gasteiger partial charge in [-0.2, -0.15) is 0 Å². The Bertz CT molecular complexity index is 365. The van der Waals surface area contributed by atoms with Crippen LogP contribution in [0.5, 0.6) is 0 Å². The summed E-state index contributed by atoms with van der Waals surface area (Å²) in [7, 11) is 0. The largest absolute Gasteiger partial charge is 1.00 e. The maximum atomic E-state index is 2.55. The molecule has 0 amide bonds. The van der Waals surface area contributed by atoms with Crippen LogP contribution in [0.1, 0.15) is 19.4 Å². The number of benzene rings is 1. The highest BCUT2D eigenvalue weighted by atomic mass is 127. The zero-order valence-electron chi connectivity index (χ0n) is 11.8. The Balaban J connectivity index is 0.00000162. The van der Waals surface area contributed by atoms with E-state index in [2.05, 4.69) is 49.9 Å². The molecule has 1 aromatic rings. The molecule has 0 atom stereocenters. The van der Waals surface area contributed by atoms with E-state index >= 15 is 0 Å². The Morgan fingerprint density at radius 1 is 1.06 bits per heavy atom. The van der Waals surface area contributed by atoms with Crippen LogP contribution in [0.15, 0.2) is 24.3 Å². The van der Waals surface area contributed by atoms with Gasteiger partial charge in [0.1, 0.15) is 0 Å². The molecule has 0 radical (unpaired) electrons. The highest BCUT2D eigenvalue weighted by Crippen LogP contribution is 2.23. The van der Waals surface area contributed by atoms with Gasteiger partial charge in [-0.15, -0.1) is 0 Å². The summed E-state index contributed by atoms with van der Waals surface area (Å²) in [5.41, 5.74) is 2.83. The van der Waals surface area contributed by atoms with E-state index in [9.17, 15) is 0 Å². The van der Waals surface area contributed by atoms with Crippen LogP contribution in [0.4, 0.5) is 5.69 Å². The van der Waals surface area contributed by atoms with Crippen LogP contribution in [0, 0.1) is 6.92 Å². The Labute approximate surface area is 129 Å². The SMILES string of the molecule is CC[N+]1(CC)CCN(c2ccccc2C)CC1.[I-]. The number of aryl methyl sites for hydroxylation is 1. The van der Waals surface area contributed by atoms with E-state index in [1.165, 1.54) is 55.0 Å². The number of hydrogen-bond donors (Lipinski definition) is 0. The molecule has 1 heterocycles. The van der Waals surface area contributed by atoms with Crippen LogP contribution in [-0.4, -0.2) is 43.8 Å². The summed E-state index contributed by atoms with van der Waals surface area (Å²) in [5, 5.41) is 0. The first-order valence-electron chi connectivity index (χ1n) is 6.86. The second-order valence-corrected chi connectivity index (χ2v) is 5.19. The summed E-state index contributed by atoms with van der Waals surface area (Å²) >= 11 is 0. The normalized spacial score (nSPS) is 18.3.